The first-order valence-corrected chi connectivity index (χ1v) is 12.1. The third-order valence-corrected chi connectivity index (χ3v) is 6.57. The van der Waals surface area contributed by atoms with Gasteiger partial charge in [0.1, 0.15) is 11.5 Å². The number of carbonyl (C=O) groups excluding carboxylic acids is 1. The molecule has 0 unspecified atom stereocenters. The predicted octanol–water partition coefficient (Wildman–Crippen LogP) is 4.09. The molecule has 1 amide bonds. The Bertz CT molecular complexity index is 1280. The Labute approximate surface area is 205 Å². The van der Waals surface area contributed by atoms with Gasteiger partial charge in [-0.15, -0.1) is 0 Å². The average Bonchev–Trinajstić information content (AvgIpc) is 2.87. The van der Waals surface area contributed by atoms with Gasteiger partial charge in [-0.1, -0.05) is 6.07 Å². The van der Waals surface area contributed by atoms with Crippen molar-refractivity contribution in [2.24, 2.45) is 0 Å². The highest BCUT2D eigenvalue weighted by Crippen LogP contribution is 2.31. The normalized spacial score (nSPS) is 10.9. The van der Waals surface area contributed by atoms with Crippen molar-refractivity contribution in [1.29, 1.82) is 0 Å². The minimum Gasteiger partial charge on any atom is -0.497 e. The second-order valence-electron chi connectivity index (χ2n) is 7.43. The number of methoxy groups -OCH3 is 4. The first-order valence-electron chi connectivity index (χ1n) is 10.6. The molecule has 0 aliphatic carbocycles. The lowest BCUT2D eigenvalue weighted by atomic mass is 10.1. The molecule has 186 valence electrons. The van der Waals surface area contributed by atoms with Crippen LogP contribution in [-0.2, 0) is 21.2 Å². The van der Waals surface area contributed by atoms with Gasteiger partial charge in [-0.05, 0) is 60.5 Å². The highest BCUT2D eigenvalue weighted by atomic mass is 32.2. The molecule has 3 rings (SSSR count). The summed E-state index contributed by atoms with van der Waals surface area (Å²) in [5, 5.41) is 2.78. The summed E-state index contributed by atoms with van der Waals surface area (Å²) >= 11 is 0. The van der Waals surface area contributed by atoms with Crippen LogP contribution in [0.25, 0.3) is 0 Å². The number of sulfonamides is 1. The maximum Gasteiger partial charge on any atom is 0.262 e. The second kappa shape index (κ2) is 11.5. The molecule has 0 aromatic heterocycles. The van der Waals surface area contributed by atoms with Crippen LogP contribution in [0.4, 0.5) is 11.4 Å². The van der Waals surface area contributed by atoms with E-state index in [1.165, 1.54) is 44.6 Å². The van der Waals surface area contributed by atoms with Gasteiger partial charge in [0.15, 0.2) is 11.5 Å². The lowest BCUT2D eigenvalue weighted by Gasteiger charge is -2.13. The Morgan fingerprint density at radius 1 is 0.771 bits per heavy atom. The summed E-state index contributed by atoms with van der Waals surface area (Å²) in [6.45, 7) is 0. The lowest BCUT2D eigenvalue weighted by molar-refractivity contribution is -0.116. The van der Waals surface area contributed by atoms with Crippen molar-refractivity contribution in [1.82, 2.24) is 0 Å². The molecule has 0 aliphatic rings. The molecular formula is C25H28N2O7S. The molecular weight excluding hydrogens is 472 g/mol. The standard InChI is InChI=1S/C25H28N2O7S/c1-31-19-9-13-22(32-2)21(16-19)27-35(29,30)20-10-7-18(8-11-20)26-25(28)14-6-17-5-12-23(33-3)24(15-17)34-4/h5,7-13,15-16,27H,6,14H2,1-4H3,(H,26,28). The third kappa shape index (κ3) is 6.57. The largest absolute Gasteiger partial charge is 0.497 e. The smallest absolute Gasteiger partial charge is 0.262 e. The summed E-state index contributed by atoms with van der Waals surface area (Å²) in [6, 6.07) is 16.2. The number of anilines is 2. The highest BCUT2D eigenvalue weighted by Gasteiger charge is 2.17. The minimum atomic E-state index is -3.90. The minimum absolute atomic E-state index is 0.0331. The van der Waals surface area contributed by atoms with Crippen LogP contribution in [0.15, 0.2) is 65.6 Å². The van der Waals surface area contributed by atoms with E-state index >= 15 is 0 Å². The molecule has 0 aliphatic heterocycles. The molecule has 0 bridgehead atoms. The van der Waals surface area contributed by atoms with E-state index in [0.29, 0.717) is 35.1 Å². The van der Waals surface area contributed by atoms with Crippen LogP contribution in [0, 0.1) is 0 Å². The van der Waals surface area contributed by atoms with Crippen LogP contribution < -0.4 is 29.0 Å². The van der Waals surface area contributed by atoms with Crippen molar-refractivity contribution >= 4 is 27.3 Å². The molecule has 3 aromatic rings. The van der Waals surface area contributed by atoms with Crippen molar-refractivity contribution in [2.45, 2.75) is 17.7 Å². The zero-order valence-electron chi connectivity index (χ0n) is 20.0. The Morgan fingerprint density at radius 2 is 1.43 bits per heavy atom. The van der Waals surface area contributed by atoms with Gasteiger partial charge in [0.25, 0.3) is 10.0 Å². The van der Waals surface area contributed by atoms with Crippen molar-refractivity contribution in [3.8, 4) is 23.0 Å². The van der Waals surface area contributed by atoms with Crippen LogP contribution in [-0.4, -0.2) is 42.8 Å². The van der Waals surface area contributed by atoms with Gasteiger partial charge in [-0.3, -0.25) is 9.52 Å². The van der Waals surface area contributed by atoms with E-state index in [9.17, 15) is 13.2 Å². The Balaban J connectivity index is 1.63. The molecule has 9 nitrogen and oxygen atoms in total. The van der Waals surface area contributed by atoms with Crippen LogP contribution in [0.5, 0.6) is 23.0 Å². The van der Waals surface area contributed by atoms with Crippen LogP contribution >= 0.6 is 0 Å². The summed E-state index contributed by atoms with van der Waals surface area (Å²) in [4.78, 5) is 12.4. The van der Waals surface area contributed by atoms with E-state index in [4.69, 9.17) is 18.9 Å². The summed E-state index contributed by atoms with van der Waals surface area (Å²) in [7, 11) is 2.16. The van der Waals surface area contributed by atoms with E-state index < -0.39 is 10.0 Å². The van der Waals surface area contributed by atoms with Crippen LogP contribution in [0.2, 0.25) is 0 Å². The predicted molar refractivity (Wildman–Crippen MR) is 133 cm³/mol. The van der Waals surface area contributed by atoms with Gasteiger partial charge in [-0.25, -0.2) is 8.42 Å². The molecule has 0 saturated carbocycles. The summed E-state index contributed by atoms with van der Waals surface area (Å²) in [5.41, 5.74) is 1.66. The number of hydrogen-bond donors (Lipinski definition) is 2. The Hall–Kier alpha value is -3.92. The number of amides is 1. The number of ether oxygens (including phenoxy) is 4. The van der Waals surface area contributed by atoms with E-state index in [2.05, 4.69) is 10.0 Å². The van der Waals surface area contributed by atoms with E-state index in [-0.39, 0.29) is 22.9 Å². The zero-order valence-corrected chi connectivity index (χ0v) is 20.8. The van der Waals surface area contributed by atoms with Gasteiger partial charge in [0.2, 0.25) is 5.91 Å². The maximum atomic E-state index is 12.8. The number of hydrogen-bond acceptors (Lipinski definition) is 7. The topological polar surface area (TPSA) is 112 Å². The summed E-state index contributed by atoms with van der Waals surface area (Å²) in [5.74, 6) is 1.86. The first kappa shape index (κ1) is 25.7. The summed E-state index contributed by atoms with van der Waals surface area (Å²) in [6.07, 6.45) is 0.748. The number of carbonyl (C=O) groups is 1. The number of benzene rings is 3. The molecule has 2 N–H and O–H groups in total. The molecule has 10 heteroatoms. The lowest BCUT2D eigenvalue weighted by Crippen LogP contribution is -2.15. The Kier molecular flexibility index (Phi) is 8.43. The number of aryl methyl sites for hydroxylation is 1. The number of rotatable bonds is 11. The number of nitrogens with one attached hydrogen (secondary N) is 2. The molecule has 0 fully saturated rings. The monoisotopic (exact) mass is 500 g/mol. The first-order chi connectivity index (χ1) is 16.8. The molecule has 0 spiro atoms. The van der Waals surface area contributed by atoms with Gasteiger partial charge in [0, 0.05) is 18.2 Å². The fourth-order valence-corrected chi connectivity index (χ4v) is 4.39. The average molecular weight is 501 g/mol. The fourth-order valence-electron chi connectivity index (χ4n) is 3.33. The van der Waals surface area contributed by atoms with Crippen molar-refractivity contribution in [3.05, 3.63) is 66.2 Å². The van der Waals surface area contributed by atoms with Crippen LogP contribution in [0.1, 0.15) is 12.0 Å². The molecule has 0 radical (unpaired) electrons. The Morgan fingerprint density at radius 3 is 2.06 bits per heavy atom. The maximum absolute atomic E-state index is 12.8. The van der Waals surface area contributed by atoms with E-state index in [0.717, 1.165) is 5.56 Å². The third-order valence-electron chi connectivity index (χ3n) is 5.19. The van der Waals surface area contributed by atoms with Gasteiger partial charge in [0.05, 0.1) is 39.0 Å². The van der Waals surface area contributed by atoms with Gasteiger partial charge >= 0.3 is 0 Å². The van der Waals surface area contributed by atoms with Gasteiger partial charge in [-0.2, -0.15) is 0 Å². The highest BCUT2D eigenvalue weighted by molar-refractivity contribution is 7.92. The summed E-state index contributed by atoms with van der Waals surface area (Å²) < 4.78 is 49.1. The van der Waals surface area contributed by atoms with Gasteiger partial charge < -0.3 is 24.3 Å². The SMILES string of the molecule is COc1ccc(OC)c(NS(=O)(=O)c2ccc(NC(=O)CCc3ccc(OC)c(OC)c3)cc2)c1. The van der Waals surface area contributed by atoms with Crippen molar-refractivity contribution in [3.63, 3.8) is 0 Å². The van der Waals surface area contributed by atoms with Crippen LogP contribution in [0.3, 0.4) is 0 Å². The van der Waals surface area contributed by atoms with E-state index in [1.54, 1.807) is 32.4 Å². The molecule has 0 atom stereocenters. The molecule has 0 heterocycles. The van der Waals surface area contributed by atoms with Crippen molar-refractivity contribution in [2.75, 3.05) is 38.5 Å². The zero-order chi connectivity index (χ0) is 25.4. The molecule has 0 saturated heterocycles. The molecule has 3 aromatic carbocycles. The molecule has 35 heavy (non-hydrogen) atoms. The van der Waals surface area contributed by atoms with E-state index in [1.807, 2.05) is 12.1 Å². The van der Waals surface area contributed by atoms with Crippen molar-refractivity contribution < 1.29 is 32.2 Å². The fraction of sp³-hybridized carbons (Fsp3) is 0.240. The quantitative estimate of drug-likeness (QED) is 0.408. The second-order valence-corrected chi connectivity index (χ2v) is 9.12.